The summed E-state index contributed by atoms with van der Waals surface area (Å²) in [5, 5.41) is 3.08. The number of nitrogens with one attached hydrogen (secondary N) is 1. The van der Waals surface area contributed by atoms with Gasteiger partial charge in [-0.05, 0) is 12.8 Å². The van der Waals surface area contributed by atoms with Crippen LogP contribution in [0.2, 0.25) is 0 Å². The first-order chi connectivity index (χ1) is 9.56. The van der Waals surface area contributed by atoms with E-state index in [-0.39, 0.29) is 11.8 Å². The molecule has 2 amide bonds. The van der Waals surface area contributed by atoms with Gasteiger partial charge in [0.15, 0.2) is 0 Å². The number of carbonyl (C=O) groups is 2. The standard InChI is InChI=1S/C14H25N3O3/c1-16(2)14(19)12-9-17(7-8-20-12)10-13(18)15-11-5-3-4-6-11/h11-12H,3-10H2,1-2H3,(H,15,18). The minimum absolute atomic E-state index is 0.0362. The number of nitrogens with zero attached hydrogens (tertiary/aromatic N) is 2. The zero-order valence-electron chi connectivity index (χ0n) is 12.4. The van der Waals surface area contributed by atoms with Crippen LogP contribution in [0, 0.1) is 0 Å². The lowest BCUT2D eigenvalue weighted by Crippen LogP contribution is -2.52. The van der Waals surface area contributed by atoms with Crippen molar-refractivity contribution in [3.63, 3.8) is 0 Å². The number of likely N-dealkylation sites (N-methyl/N-ethyl adjacent to an activating group) is 1. The normalized spacial score (nSPS) is 24.6. The molecule has 0 bridgehead atoms. The van der Waals surface area contributed by atoms with Crippen molar-refractivity contribution in [1.29, 1.82) is 0 Å². The topological polar surface area (TPSA) is 61.9 Å². The quantitative estimate of drug-likeness (QED) is 0.778. The molecule has 20 heavy (non-hydrogen) atoms. The van der Waals surface area contributed by atoms with E-state index in [4.69, 9.17) is 4.74 Å². The highest BCUT2D eigenvalue weighted by atomic mass is 16.5. The van der Waals surface area contributed by atoms with Crippen LogP contribution >= 0.6 is 0 Å². The largest absolute Gasteiger partial charge is 0.366 e. The smallest absolute Gasteiger partial charge is 0.252 e. The van der Waals surface area contributed by atoms with Gasteiger partial charge in [0.25, 0.3) is 5.91 Å². The number of hydrogen-bond acceptors (Lipinski definition) is 4. The molecule has 2 aliphatic rings. The predicted octanol–water partition coefficient (Wildman–Crippen LogP) is -0.166. The third-order valence-electron chi connectivity index (χ3n) is 3.95. The number of ether oxygens (including phenoxy) is 1. The van der Waals surface area contributed by atoms with E-state index >= 15 is 0 Å². The van der Waals surface area contributed by atoms with E-state index in [1.54, 1.807) is 14.1 Å². The average Bonchev–Trinajstić information content (AvgIpc) is 2.90. The van der Waals surface area contributed by atoms with Crippen LogP contribution in [0.15, 0.2) is 0 Å². The van der Waals surface area contributed by atoms with Gasteiger partial charge in [-0.15, -0.1) is 0 Å². The molecule has 1 saturated carbocycles. The highest BCUT2D eigenvalue weighted by Crippen LogP contribution is 2.17. The van der Waals surface area contributed by atoms with Crippen molar-refractivity contribution in [1.82, 2.24) is 15.1 Å². The van der Waals surface area contributed by atoms with E-state index in [1.165, 1.54) is 17.7 Å². The molecule has 1 aliphatic carbocycles. The SMILES string of the molecule is CN(C)C(=O)C1CN(CC(=O)NC2CCCC2)CCO1. The molecular formula is C14H25N3O3. The Bertz CT molecular complexity index is 354. The third-order valence-corrected chi connectivity index (χ3v) is 3.95. The van der Waals surface area contributed by atoms with E-state index in [2.05, 4.69) is 5.32 Å². The Morgan fingerprint density at radius 2 is 2.00 bits per heavy atom. The van der Waals surface area contributed by atoms with Gasteiger partial charge in [-0.1, -0.05) is 12.8 Å². The fourth-order valence-corrected chi connectivity index (χ4v) is 2.83. The second-order valence-corrected chi connectivity index (χ2v) is 5.88. The molecule has 1 heterocycles. The van der Waals surface area contributed by atoms with Crippen LogP contribution in [0.4, 0.5) is 0 Å². The Morgan fingerprint density at radius 1 is 1.30 bits per heavy atom. The van der Waals surface area contributed by atoms with Gasteiger partial charge in [0, 0.05) is 33.2 Å². The molecule has 1 atom stereocenters. The maximum absolute atomic E-state index is 12.0. The Hall–Kier alpha value is -1.14. The first kappa shape index (κ1) is 15.3. The molecule has 2 fully saturated rings. The summed E-state index contributed by atoms with van der Waals surface area (Å²) in [6, 6.07) is 0.350. The second kappa shape index (κ2) is 7.04. The van der Waals surface area contributed by atoms with E-state index < -0.39 is 6.10 Å². The van der Waals surface area contributed by atoms with Gasteiger partial charge in [0.2, 0.25) is 5.91 Å². The number of rotatable bonds is 4. The van der Waals surface area contributed by atoms with Crippen molar-refractivity contribution >= 4 is 11.8 Å². The van der Waals surface area contributed by atoms with Crippen LogP contribution < -0.4 is 5.32 Å². The molecule has 0 aromatic carbocycles. The fraction of sp³-hybridized carbons (Fsp3) is 0.857. The lowest BCUT2D eigenvalue weighted by Gasteiger charge is -2.33. The van der Waals surface area contributed by atoms with Crippen LogP contribution in [0.5, 0.6) is 0 Å². The average molecular weight is 283 g/mol. The summed E-state index contributed by atoms with van der Waals surface area (Å²) in [6.45, 7) is 2.06. The summed E-state index contributed by atoms with van der Waals surface area (Å²) in [5.41, 5.74) is 0. The molecule has 0 radical (unpaired) electrons. The highest BCUT2D eigenvalue weighted by molar-refractivity contribution is 5.81. The van der Waals surface area contributed by atoms with E-state index in [0.29, 0.717) is 32.3 Å². The third kappa shape index (κ3) is 4.18. The van der Waals surface area contributed by atoms with Crippen LogP contribution in [-0.4, -0.2) is 74.1 Å². The Morgan fingerprint density at radius 3 is 2.65 bits per heavy atom. The van der Waals surface area contributed by atoms with Gasteiger partial charge in [-0.2, -0.15) is 0 Å². The first-order valence-corrected chi connectivity index (χ1v) is 7.40. The molecule has 1 saturated heterocycles. The monoisotopic (exact) mass is 283 g/mol. The molecule has 1 aliphatic heterocycles. The predicted molar refractivity (Wildman–Crippen MR) is 75.3 cm³/mol. The number of morpholine rings is 1. The Balaban J connectivity index is 1.77. The van der Waals surface area contributed by atoms with Crippen molar-refractivity contribution in [2.45, 2.75) is 37.8 Å². The number of carbonyl (C=O) groups excluding carboxylic acids is 2. The van der Waals surface area contributed by atoms with Crippen LogP contribution in [0.25, 0.3) is 0 Å². The minimum Gasteiger partial charge on any atom is -0.366 e. The molecule has 0 aromatic rings. The molecular weight excluding hydrogens is 258 g/mol. The van der Waals surface area contributed by atoms with Gasteiger partial charge in [-0.25, -0.2) is 0 Å². The van der Waals surface area contributed by atoms with Gasteiger partial charge < -0.3 is 15.0 Å². The van der Waals surface area contributed by atoms with Crippen molar-refractivity contribution in [3.8, 4) is 0 Å². The lowest BCUT2D eigenvalue weighted by molar-refractivity contribution is -0.148. The Kier molecular flexibility index (Phi) is 5.37. The van der Waals surface area contributed by atoms with Crippen molar-refractivity contribution in [2.24, 2.45) is 0 Å². The molecule has 1 unspecified atom stereocenters. The summed E-state index contributed by atoms with van der Waals surface area (Å²) in [6.07, 6.45) is 4.16. The molecule has 6 nitrogen and oxygen atoms in total. The highest BCUT2D eigenvalue weighted by Gasteiger charge is 2.29. The lowest BCUT2D eigenvalue weighted by atomic mass is 10.2. The molecule has 6 heteroatoms. The first-order valence-electron chi connectivity index (χ1n) is 7.40. The van der Waals surface area contributed by atoms with Crippen LogP contribution in [0.1, 0.15) is 25.7 Å². The summed E-state index contributed by atoms with van der Waals surface area (Å²) in [7, 11) is 3.44. The molecule has 0 spiro atoms. The van der Waals surface area contributed by atoms with Crippen molar-refractivity contribution < 1.29 is 14.3 Å². The second-order valence-electron chi connectivity index (χ2n) is 5.88. The summed E-state index contributed by atoms with van der Waals surface area (Å²) in [5.74, 6) is 0.0285. The zero-order valence-corrected chi connectivity index (χ0v) is 12.4. The summed E-state index contributed by atoms with van der Waals surface area (Å²) < 4.78 is 5.48. The maximum Gasteiger partial charge on any atom is 0.252 e. The molecule has 114 valence electrons. The van der Waals surface area contributed by atoms with Crippen molar-refractivity contribution in [3.05, 3.63) is 0 Å². The minimum atomic E-state index is -0.446. The van der Waals surface area contributed by atoms with E-state index in [9.17, 15) is 9.59 Å². The number of amides is 2. The van der Waals surface area contributed by atoms with Gasteiger partial charge >= 0.3 is 0 Å². The summed E-state index contributed by atoms with van der Waals surface area (Å²) >= 11 is 0. The summed E-state index contributed by atoms with van der Waals surface area (Å²) in [4.78, 5) is 27.4. The molecule has 2 rings (SSSR count). The van der Waals surface area contributed by atoms with Crippen LogP contribution in [-0.2, 0) is 14.3 Å². The maximum atomic E-state index is 12.0. The fourth-order valence-electron chi connectivity index (χ4n) is 2.83. The number of hydrogen-bond donors (Lipinski definition) is 1. The van der Waals surface area contributed by atoms with Gasteiger partial charge in [-0.3, -0.25) is 14.5 Å². The van der Waals surface area contributed by atoms with E-state index in [0.717, 1.165) is 12.8 Å². The zero-order chi connectivity index (χ0) is 14.5. The van der Waals surface area contributed by atoms with E-state index in [1.807, 2.05) is 4.90 Å². The molecule has 0 aromatic heterocycles. The van der Waals surface area contributed by atoms with Crippen LogP contribution in [0.3, 0.4) is 0 Å². The Labute approximate surface area is 120 Å². The van der Waals surface area contributed by atoms with Crippen molar-refractivity contribution in [2.75, 3.05) is 40.3 Å². The van der Waals surface area contributed by atoms with Gasteiger partial charge in [0.1, 0.15) is 6.10 Å². The van der Waals surface area contributed by atoms with Gasteiger partial charge in [0.05, 0.1) is 13.2 Å². The molecule has 1 N–H and O–H groups in total.